The molecule has 0 aliphatic heterocycles. The molecule has 3 aromatic carbocycles. The van der Waals surface area contributed by atoms with Gasteiger partial charge in [0.05, 0.1) is 11.6 Å². The largest absolute Gasteiger partial charge is 0.208 e. The first-order valence-electron chi connectivity index (χ1n) is 18.0. The van der Waals surface area contributed by atoms with Crippen LogP contribution in [0.15, 0.2) is 72.8 Å². The van der Waals surface area contributed by atoms with Crippen LogP contribution in [0.25, 0.3) is 34.2 Å². The van der Waals surface area contributed by atoms with Crippen molar-refractivity contribution in [1.29, 1.82) is 5.26 Å². The summed E-state index contributed by atoms with van der Waals surface area (Å²) in [5.74, 6) is 7.60. The molecule has 0 amide bonds. The molecular weight excluding hydrogens is 560 g/mol. The maximum atomic E-state index is 9.42. The second kappa shape index (κ2) is 10.1. The van der Waals surface area contributed by atoms with E-state index in [4.69, 9.17) is 15.0 Å². The molecule has 8 saturated carbocycles. The van der Waals surface area contributed by atoms with Crippen molar-refractivity contribution in [3.05, 3.63) is 89.5 Å². The summed E-state index contributed by atoms with van der Waals surface area (Å²) in [6.45, 7) is 0. The molecule has 12 rings (SSSR count). The molecule has 230 valence electrons. The molecule has 4 nitrogen and oxygen atoms in total. The Morgan fingerprint density at radius 1 is 0.478 bits per heavy atom. The van der Waals surface area contributed by atoms with Crippen LogP contribution in [0.5, 0.6) is 0 Å². The van der Waals surface area contributed by atoms with Gasteiger partial charge in [0.25, 0.3) is 0 Å². The van der Waals surface area contributed by atoms with Crippen molar-refractivity contribution in [2.45, 2.75) is 87.9 Å². The predicted octanol–water partition coefficient (Wildman–Crippen LogP) is 9.68. The first-order chi connectivity index (χ1) is 22.5. The van der Waals surface area contributed by atoms with Crippen molar-refractivity contribution in [1.82, 2.24) is 15.0 Å². The van der Waals surface area contributed by atoms with Gasteiger partial charge in [0.1, 0.15) is 0 Å². The molecule has 0 atom stereocenters. The lowest BCUT2D eigenvalue weighted by molar-refractivity contribution is -0.00832. The zero-order valence-electron chi connectivity index (χ0n) is 26.7. The van der Waals surface area contributed by atoms with Crippen LogP contribution >= 0.6 is 0 Å². The lowest BCUT2D eigenvalue weighted by Gasteiger charge is -2.58. The number of hydrogen-bond acceptors (Lipinski definition) is 4. The van der Waals surface area contributed by atoms with Crippen molar-refractivity contribution in [3.63, 3.8) is 0 Å². The van der Waals surface area contributed by atoms with Crippen molar-refractivity contribution in [3.8, 4) is 40.2 Å². The molecule has 4 aromatic rings. The highest BCUT2D eigenvalue weighted by Crippen LogP contribution is 2.63. The Hall–Kier alpha value is -3.84. The Morgan fingerprint density at radius 2 is 0.870 bits per heavy atom. The van der Waals surface area contributed by atoms with Gasteiger partial charge in [-0.25, -0.2) is 15.0 Å². The van der Waals surface area contributed by atoms with Crippen molar-refractivity contribution in [2.75, 3.05) is 0 Å². The van der Waals surface area contributed by atoms with Gasteiger partial charge in [-0.1, -0.05) is 36.4 Å². The average molecular weight is 603 g/mol. The number of benzene rings is 3. The fourth-order valence-electron chi connectivity index (χ4n) is 12.3. The summed E-state index contributed by atoms with van der Waals surface area (Å²) < 4.78 is 0. The number of aromatic nitrogens is 3. The standard InChI is InChI=1S/C42H42N4/c43-25-26-6-8-34(9-7-26)39-44-38(33-4-2-1-3-5-33)45-40(46-39)35-16-36(41-19-27-10-28(20-41)12-29(11-27)21-41)18-37(17-35)42-22-30-13-31(23-42)15-32(14-30)24-42/h1-9,16-18,27-32H,10-15,19-24H2/t27-,28-,29-,30-,31-,32-,41?,42?. The van der Waals surface area contributed by atoms with Gasteiger partial charge in [0, 0.05) is 16.7 Å². The molecule has 4 heteroatoms. The molecular formula is C42H42N4. The van der Waals surface area contributed by atoms with Crippen LogP contribution in [-0.2, 0) is 10.8 Å². The van der Waals surface area contributed by atoms with Gasteiger partial charge in [-0.15, -0.1) is 0 Å². The summed E-state index contributed by atoms with van der Waals surface area (Å²) in [6.07, 6.45) is 17.0. The summed E-state index contributed by atoms with van der Waals surface area (Å²) in [7, 11) is 0. The van der Waals surface area contributed by atoms with Gasteiger partial charge in [0.15, 0.2) is 17.5 Å². The molecule has 8 aliphatic rings. The van der Waals surface area contributed by atoms with E-state index in [9.17, 15) is 5.26 Å². The monoisotopic (exact) mass is 602 g/mol. The SMILES string of the molecule is N#Cc1ccc(-c2nc(-c3ccccc3)nc(-c3cc(C45C[C@H]6C[C@H](C4)C[C@@H](C5)C6)cc(C45C[C@H]6C[C@H](C4)C[C@@H](C5)C6)c3)n2)cc1. The normalized spacial score (nSPS) is 34.9. The third kappa shape index (κ3) is 4.41. The summed E-state index contributed by atoms with van der Waals surface area (Å²) in [5, 5.41) is 9.42. The van der Waals surface area contributed by atoms with E-state index in [2.05, 4.69) is 48.5 Å². The van der Waals surface area contributed by atoms with Crippen LogP contribution < -0.4 is 0 Å². The van der Waals surface area contributed by atoms with Crippen molar-refractivity contribution < 1.29 is 0 Å². The first-order valence-corrected chi connectivity index (χ1v) is 18.0. The van der Waals surface area contributed by atoms with E-state index in [1.807, 2.05) is 30.3 Å². The molecule has 0 saturated heterocycles. The van der Waals surface area contributed by atoms with Crippen LogP contribution in [0.1, 0.15) is 93.7 Å². The Labute approximate surface area is 272 Å². The summed E-state index contributed by atoms with van der Waals surface area (Å²) >= 11 is 0. The van der Waals surface area contributed by atoms with Crippen LogP contribution in [0.4, 0.5) is 0 Å². The van der Waals surface area contributed by atoms with Gasteiger partial charge >= 0.3 is 0 Å². The predicted molar refractivity (Wildman–Crippen MR) is 181 cm³/mol. The Balaban J connectivity index is 1.16. The zero-order valence-corrected chi connectivity index (χ0v) is 26.7. The summed E-state index contributed by atoms with van der Waals surface area (Å²) in [6, 6.07) is 28.0. The molecule has 8 fully saturated rings. The third-order valence-electron chi connectivity index (χ3n) is 13.4. The van der Waals surface area contributed by atoms with Gasteiger partial charge < -0.3 is 0 Å². The minimum Gasteiger partial charge on any atom is -0.208 e. The first kappa shape index (κ1) is 27.3. The van der Waals surface area contributed by atoms with E-state index in [-0.39, 0.29) is 0 Å². The van der Waals surface area contributed by atoms with Crippen LogP contribution in [0.3, 0.4) is 0 Å². The van der Waals surface area contributed by atoms with Gasteiger partial charge in [0.2, 0.25) is 0 Å². The highest BCUT2D eigenvalue weighted by atomic mass is 15.0. The molecule has 8 aliphatic carbocycles. The Kier molecular flexibility index (Phi) is 5.98. The maximum Gasteiger partial charge on any atom is 0.164 e. The van der Waals surface area contributed by atoms with Crippen molar-refractivity contribution >= 4 is 0 Å². The second-order valence-corrected chi connectivity index (χ2v) is 16.6. The summed E-state index contributed by atoms with van der Waals surface area (Å²) in [5.41, 5.74) is 7.55. The van der Waals surface area contributed by atoms with E-state index < -0.39 is 0 Å². The fraction of sp³-hybridized carbons (Fsp3) is 0.476. The average Bonchev–Trinajstić information content (AvgIpc) is 3.07. The Morgan fingerprint density at radius 3 is 1.28 bits per heavy atom. The summed E-state index contributed by atoms with van der Waals surface area (Å²) in [4.78, 5) is 15.5. The number of nitriles is 1. The molecule has 8 bridgehead atoms. The molecule has 0 radical (unpaired) electrons. The van der Waals surface area contributed by atoms with Crippen LogP contribution in [0.2, 0.25) is 0 Å². The van der Waals surface area contributed by atoms with E-state index in [1.54, 1.807) is 11.1 Å². The topological polar surface area (TPSA) is 62.5 Å². The third-order valence-corrected chi connectivity index (χ3v) is 13.4. The second-order valence-electron chi connectivity index (χ2n) is 16.6. The van der Waals surface area contributed by atoms with Crippen LogP contribution in [0, 0.1) is 46.8 Å². The molecule has 0 spiro atoms. The minimum atomic E-state index is 0.313. The molecule has 0 unspecified atom stereocenters. The maximum absolute atomic E-state index is 9.42. The van der Waals surface area contributed by atoms with Crippen LogP contribution in [-0.4, -0.2) is 15.0 Å². The molecule has 46 heavy (non-hydrogen) atoms. The van der Waals surface area contributed by atoms with Gasteiger partial charge in [-0.2, -0.15) is 5.26 Å². The van der Waals surface area contributed by atoms with Crippen molar-refractivity contribution in [2.24, 2.45) is 35.5 Å². The van der Waals surface area contributed by atoms with Gasteiger partial charge in [-0.05, 0) is 171 Å². The van der Waals surface area contributed by atoms with E-state index in [0.29, 0.717) is 28.0 Å². The minimum absolute atomic E-state index is 0.313. The molecule has 1 heterocycles. The zero-order chi connectivity index (χ0) is 30.5. The van der Waals surface area contributed by atoms with E-state index in [1.165, 1.54) is 82.6 Å². The molecule has 1 aromatic heterocycles. The fourth-order valence-corrected chi connectivity index (χ4v) is 12.3. The smallest absolute Gasteiger partial charge is 0.164 e. The number of rotatable bonds is 5. The van der Waals surface area contributed by atoms with E-state index >= 15 is 0 Å². The Bertz CT molecular complexity index is 1730. The lowest BCUT2D eigenvalue weighted by Crippen LogP contribution is -2.50. The number of hydrogen-bond donors (Lipinski definition) is 0. The highest BCUT2D eigenvalue weighted by Gasteiger charge is 2.54. The quantitative estimate of drug-likeness (QED) is 0.228. The lowest BCUT2D eigenvalue weighted by atomic mass is 9.46. The molecule has 0 N–H and O–H groups in total. The number of nitrogens with zero attached hydrogens (tertiary/aromatic N) is 4. The highest BCUT2D eigenvalue weighted by molar-refractivity contribution is 5.68. The van der Waals surface area contributed by atoms with Gasteiger partial charge in [-0.3, -0.25) is 0 Å². The van der Waals surface area contributed by atoms with E-state index in [0.717, 1.165) is 52.5 Å².